The zero-order valence-corrected chi connectivity index (χ0v) is 5.13. The Labute approximate surface area is 49.8 Å². The Balaban J connectivity index is 2.84. The highest BCUT2D eigenvalue weighted by Gasteiger charge is 1.89. The number of nitrogens with zero attached hydrogens (tertiary/aromatic N) is 2. The first-order valence-electron chi connectivity index (χ1n) is 2.60. The van der Waals surface area contributed by atoms with Crippen LogP contribution in [0.25, 0.3) is 0 Å². The van der Waals surface area contributed by atoms with Gasteiger partial charge in [-0.2, -0.15) is 0 Å². The first-order chi connectivity index (χ1) is 3.83. The minimum absolute atomic E-state index is 1.03. The van der Waals surface area contributed by atoms with Crippen LogP contribution in [0.15, 0.2) is 12.5 Å². The molecule has 2 nitrogen and oxygen atoms in total. The van der Waals surface area contributed by atoms with Crippen molar-refractivity contribution in [2.24, 2.45) is 7.05 Å². The normalized spacial score (nSPS) is 9.25. The van der Waals surface area contributed by atoms with E-state index < -0.39 is 0 Å². The molecule has 0 aromatic carbocycles. The smallest absolute Gasteiger partial charge is 0.176 e. The highest BCUT2D eigenvalue weighted by molar-refractivity contribution is 6.50. The Morgan fingerprint density at radius 2 is 2.50 bits per heavy atom. The van der Waals surface area contributed by atoms with Crippen LogP contribution in [0.3, 0.4) is 0 Å². The van der Waals surface area contributed by atoms with Crippen LogP contribution in [0, 0.1) is 0 Å². The summed E-state index contributed by atoms with van der Waals surface area (Å²) in [5.41, 5.74) is 1.03. The Morgan fingerprint density at radius 1 is 1.75 bits per heavy atom. The minimum atomic E-state index is 1.03. The lowest BCUT2D eigenvalue weighted by Gasteiger charge is -1.80. The predicted octanol–water partition coefficient (Wildman–Crippen LogP) is -0.202. The van der Waals surface area contributed by atoms with E-state index in [2.05, 4.69) is 4.98 Å². The SMILES string of the molecule is C[B]c1cn(C)cn1. The Kier molecular flexibility index (Phi) is 1.37. The summed E-state index contributed by atoms with van der Waals surface area (Å²) in [5, 5.41) is 0. The maximum atomic E-state index is 4.04. The second kappa shape index (κ2) is 2.03. The first-order valence-corrected chi connectivity index (χ1v) is 2.60. The van der Waals surface area contributed by atoms with E-state index in [0.717, 1.165) is 5.59 Å². The fraction of sp³-hybridized carbons (Fsp3) is 0.400. The van der Waals surface area contributed by atoms with Crippen molar-refractivity contribution in [2.45, 2.75) is 6.82 Å². The quantitative estimate of drug-likeness (QED) is 0.454. The van der Waals surface area contributed by atoms with Gasteiger partial charge in [0.1, 0.15) is 0 Å². The van der Waals surface area contributed by atoms with Crippen molar-refractivity contribution in [3.8, 4) is 0 Å². The van der Waals surface area contributed by atoms with Crippen LogP contribution in [0.4, 0.5) is 0 Å². The van der Waals surface area contributed by atoms with Crippen molar-refractivity contribution in [3.63, 3.8) is 0 Å². The molecule has 0 saturated heterocycles. The summed E-state index contributed by atoms with van der Waals surface area (Å²) in [6.07, 6.45) is 3.76. The van der Waals surface area contributed by atoms with E-state index >= 15 is 0 Å². The summed E-state index contributed by atoms with van der Waals surface area (Å²) in [4.78, 5) is 4.04. The van der Waals surface area contributed by atoms with Gasteiger partial charge >= 0.3 is 0 Å². The summed E-state index contributed by atoms with van der Waals surface area (Å²) in [6, 6.07) is 0. The molecule has 41 valence electrons. The van der Waals surface area contributed by atoms with Gasteiger partial charge in [-0.25, -0.2) is 0 Å². The molecule has 0 bridgehead atoms. The number of hydrogen-bond acceptors (Lipinski definition) is 1. The molecule has 1 rings (SSSR count). The number of aryl methyl sites for hydroxylation is 1. The van der Waals surface area contributed by atoms with Crippen LogP contribution in [-0.4, -0.2) is 16.8 Å². The van der Waals surface area contributed by atoms with Crippen molar-refractivity contribution >= 4 is 12.9 Å². The summed E-state index contributed by atoms with van der Waals surface area (Å²) >= 11 is 0. The van der Waals surface area contributed by atoms with Gasteiger partial charge in [0.15, 0.2) is 7.28 Å². The summed E-state index contributed by atoms with van der Waals surface area (Å²) in [7, 11) is 3.93. The van der Waals surface area contributed by atoms with Crippen molar-refractivity contribution in [3.05, 3.63) is 12.5 Å². The topological polar surface area (TPSA) is 17.8 Å². The molecule has 1 radical (unpaired) electrons. The lowest BCUT2D eigenvalue weighted by Crippen LogP contribution is -2.10. The molecular formula is C5H8BN2. The molecule has 1 heterocycles. The summed E-state index contributed by atoms with van der Waals surface area (Å²) in [5.74, 6) is 0. The van der Waals surface area contributed by atoms with Gasteiger partial charge in [-0.1, -0.05) is 6.82 Å². The minimum Gasteiger partial charge on any atom is -0.341 e. The van der Waals surface area contributed by atoms with Gasteiger partial charge in [-0.05, 0) is 0 Å². The van der Waals surface area contributed by atoms with Crippen LogP contribution in [0.5, 0.6) is 0 Å². The van der Waals surface area contributed by atoms with Gasteiger partial charge in [0.2, 0.25) is 0 Å². The Morgan fingerprint density at radius 3 is 2.75 bits per heavy atom. The van der Waals surface area contributed by atoms with Gasteiger partial charge in [-0.15, -0.1) is 0 Å². The van der Waals surface area contributed by atoms with Gasteiger partial charge in [0.05, 0.1) is 6.33 Å². The summed E-state index contributed by atoms with van der Waals surface area (Å²) in [6.45, 7) is 1.97. The van der Waals surface area contributed by atoms with E-state index in [1.807, 2.05) is 31.9 Å². The van der Waals surface area contributed by atoms with Gasteiger partial charge < -0.3 is 4.57 Å². The average Bonchev–Trinajstić information content (AvgIpc) is 2.14. The number of imidazole rings is 1. The molecule has 0 spiro atoms. The fourth-order valence-electron chi connectivity index (χ4n) is 0.582. The molecule has 0 saturated carbocycles. The van der Waals surface area contributed by atoms with Crippen molar-refractivity contribution in [2.75, 3.05) is 0 Å². The first kappa shape index (κ1) is 5.41. The highest BCUT2D eigenvalue weighted by atomic mass is 15.0. The maximum Gasteiger partial charge on any atom is 0.176 e. The third-order valence-electron chi connectivity index (χ3n) is 1.02. The van der Waals surface area contributed by atoms with Gasteiger partial charge in [0, 0.05) is 18.8 Å². The van der Waals surface area contributed by atoms with Crippen molar-refractivity contribution < 1.29 is 0 Å². The van der Waals surface area contributed by atoms with Crippen LogP contribution < -0.4 is 5.59 Å². The molecule has 0 amide bonds. The lowest BCUT2D eigenvalue weighted by molar-refractivity contribution is 0.914. The van der Waals surface area contributed by atoms with E-state index in [9.17, 15) is 0 Å². The van der Waals surface area contributed by atoms with Crippen molar-refractivity contribution in [1.29, 1.82) is 0 Å². The summed E-state index contributed by atoms with van der Waals surface area (Å²) < 4.78 is 1.93. The van der Waals surface area contributed by atoms with Crippen LogP contribution in [0.2, 0.25) is 6.82 Å². The average molecular weight is 107 g/mol. The standard InChI is InChI=1S/C5H8BN2/c1-6-5-3-8(2)4-7-5/h3-4H,1-2H3. The molecule has 1 aromatic heterocycles. The lowest BCUT2D eigenvalue weighted by atomic mass is 9.79. The largest absolute Gasteiger partial charge is 0.341 e. The Hall–Kier alpha value is -0.725. The van der Waals surface area contributed by atoms with Crippen LogP contribution >= 0.6 is 0 Å². The van der Waals surface area contributed by atoms with E-state index in [1.54, 1.807) is 6.33 Å². The fourth-order valence-corrected chi connectivity index (χ4v) is 0.582. The van der Waals surface area contributed by atoms with Crippen molar-refractivity contribution in [1.82, 2.24) is 9.55 Å². The zero-order valence-electron chi connectivity index (χ0n) is 5.13. The highest BCUT2D eigenvalue weighted by Crippen LogP contribution is 1.73. The van der Waals surface area contributed by atoms with E-state index in [1.165, 1.54) is 0 Å². The molecule has 0 aliphatic carbocycles. The number of hydrogen-bond donors (Lipinski definition) is 0. The molecule has 0 aliphatic rings. The molecular weight excluding hydrogens is 98.9 g/mol. The second-order valence-corrected chi connectivity index (χ2v) is 1.75. The van der Waals surface area contributed by atoms with Gasteiger partial charge in [-0.3, -0.25) is 4.98 Å². The molecule has 3 heteroatoms. The van der Waals surface area contributed by atoms with E-state index in [-0.39, 0.29) is 0 Å². The molecule has 0 fully saturated rings. The maximum absolute atomic E-state index is 4.04. The van der Waals surface area contributed by atoms with Gasteiger partial charge in [0.25, 0.3) is 0 Å². The zero-order chi connectivity index (χ0) is 5.98. The molecule has 0 N–H and O–H groups in total. The van der Waals surface area contributed by atoms with E-state index in [0.29, 0.717) is 0 Å². The Bertz CT molecular complexity index is 171. The molecule has 8 heavy (non-hydrogen) atoms. The molecule has 1 aromatic rings. The van der Waals surface area contributed by atoms with Crippen LogP contribution in [-0.2, 0) is 7.05 Å². The predicted molar refractivity (Wildman–Crippen MR) is 34.5 cm³/mol. The third kappa shape index (κ3) is 0.913. The number of aromatic nitrogens is 2. The number of rotatable bonds is 1. The third-order valence-corrected chi connectivity index (χ3v) is 1.02. The molecule has 0 atom stereocenters. The van der Waals surface area contributed by atoms with E-state index in [4.69, 9.17) is 0 Å². The van der Waals surface area contributed by atoms with Crippen LogP contribution in [0.1, 0.15) is 0 Å². The molecule has 0 aliphatic heterocycles. The monoisotopic (exact) mass is 107 g/mol. The molecule has 0 unspecified atom stereocenters. The second-order valence-electron chi connectivity index (χ2n) is 1.75.